The van der Waals surface area contributed by atoms with Crippen molar-refractivity contribution in [1.29, 1.82) is 0 Å². The Hall–Kier alpha value is -0.203. The Morgan fingerprint density at radius 2 is 1.67 bits per heavy atom. The lowest BCUT2D eigenvalue weighted by atomic mass is 10.2. The fourth-order valence-electron chi connectivity index (χ4n) is 2.23. The molecule has 0 aromatic rings. The van der Waals surface area contributed by atoms with Crippen LogP contribution in [0, 0.1) is 0 Å². The van der Waals surface area contributed by atoms with Crippen LogP contribution < -0.4 is 0 Å². The van der Waals surface area contributed by atoms with Crippen molar-refractivity contribution >= 4 is 9.05 Å². The van der Waals surface area contributed by atoms with Crippen molar-refractivity contribution in [1.82, 2.24) is 0 Å². The number of rotatable bonds is 8. The van der Waals surface area contributed by atoms with Gasteiger partial charge in [0.1, 0.15) is 0 Å². The fourth-order valence-corrected chi connectivity index (χ4v) is 4.37. The first-order valence-corrected chi connectivity index (χ1v) is 8.59. The molecule has 0 radical (unpaired) electrons. The van der Waals surface area contributed by atoms with Gasteiger partial charge in [0.15, 0.2) is 0 Å². The highest BCUT2D eigenvalue weighted by molar-refractivity contribution is 6.53. The van der Waals surface area contributed by atoms with E-state index in [4.69, 9.17) is 17.7 Å². The topological polar surface area (TPSA) is 36.9 Å². The second kappa shape index (κ2) is 8.07. The van der Waals surface area contributed by atoms with Crippen LogP contribution in [0.1, 0.15) is 47.0 Å². The van der Waals surface area contributed by atoms with E-state index in [2.05, 4.69) is 13.0 Å². The molecule has 0 aromatic carbocycles. The molecule has 1 fully saturated rings. The zero-order valence-electron chi connectivity index (χ0n) is 12.0. The van der Waals surface area contributed by atoms with Crippen LogP contribution in [0.25, 0.3) is 0 Å². The van der Waals surface area contributed by atoms with Gasteiger partial charge >= 0.3 is 9.05 Å². The molecule has 1 unspecified atom stereocenters. The molecular weight excluding hydrogens is 248 g/mol. The number of hydrogen-bond acceptors (Lipinski definition) is 4. The number of allylic oxidation sites excluding steroid dienone is 1. The van der Waals surface area contributed by atoms with Crippen molar-refractivity contribution in [2.45, 2.75) is 53.1 Å². The largest absolute Gasteiger partial charge is 0.680 e. The molecule has 0 spiro atoms. The summed E-state index contributed by atoms with van der Waals surface area (Å²) >= 11 is 0. The van der Waals surface area contributed by atoms with E-state index in [0.717, 1.165) is 12.8 Å². The number of hydrogen-bond donors (Lipinski definition) is 0. The molecule has 0 bridgehead atoms. The molecule has 0 heterocycles. The van der Waals surface area contributed by atoms with Gasteiger partial charge in [0.05, 0.1) is 6.10 Å². The van der Waals surface area contributed by atoms with Crippen LogP contribution in [0.2, 0.25) is 0 Å². The summed E-state index contributed by atoms with van der Waals surface area (Å²) in [5, 5.41) is 0. The van der Waals surface area contributed by atoms with Gasteiger partial charge in [-0.05, 0) is 52.5 Å². The summed E-state index contributed by atoms with van der Waals surface area (Å²) in [5.74, 6) is 0. The predicted octanol–water partition coefficient (Wildman–Crippen LogP) is 3.05. The molecule has 0 aliphatic heterocycles. The highest BCUT2D eigenvalue weighted by Gasteiger charge is 2.48. The Morgan fingerprint density at radius 1 is 1.11 bits per heavy atom. The molecular formula is C13H26O4Si. The second-order valence-electron chi connectivity index (χ2n) is 4.16. The van der Waals surface area contributed by atoms with Crippen molar-refractivity contribution in [3.63, 3.8) is 0 Å². The smallest absolute Gasteiger partial charge is 0.351 e. The first kappa shape index (κ1) is 15.9. The third-order valence-corrected chi connectivity index (χ3v) is 5.47. The van der Waals surface area contributed by atoms with Gasteiger partial charge in [0.2, 0.25) is 0 Å². The quantitative estimate of drug-likeness (QED) is 0.503. The minimum Gasteiger partial charge on any atom is -0.351 e. The van der Waals surface area contributed by atoms with E-state index >= 15 is 0 Å². The molecule has 1 atom stereocenters. The third kappa shape index (κ3) is 4.17. The lowest BCUT2D eigenvalue weighted by Crippen LogP contribution is -2.51. The summed E-state index contributed by atoms with van der Waals surface area (Å²) in [6.45, 7) is 9.51. The maximum atomic E-state index is 6.13. The second-order valence-corrected chi connectivity index (χ2v) is 6.26. The van der Waals surface area contributed by atoms with E-state index in [-0.39, 0.29) is 6.10 Å². The summed E-state index contributed by atoms with van der Waals surface area (Å²) in [7, 11) is -2.96. The van der Waals surface area contributed by atoms with E-state index in [1.165, 1.54) is 12.0 Å². The normalized spacial score (nSPS) is 22.9. The Kier molecular flexibility index (Phi) is 7.10. The standard InChI is InChI=1S/C13H26O4Si/c1-5-12-10-9-11-13(12)17-18(14-6-2,15-7-3)16-8-4/h5,13H,6-11H2,1-4H3/b12-5+. The van der Waals surface area contributed by atoms with Crippen molar-refractivity contribution in [2.75, 3.05) is 19.8 Å². The first-order valence-electron chi connectivity index (χ1n) is 6.96. The molecule has 0 saturated heterocycles. The molecule has 0 amide bonds. The molecule has 5 heteroatoms. The van der Waals surface area contributed by atoms with Crippen LogP contribution in [-0.4, -0.2) is 35.0 Å². The third-order valence-electron chi connectivity index (χ3n) is 2.97. The lowest BCUT2D eigenvalue weighted by Gasteiger charge is -2.30. The summed E-state index contributed by atoms with van der Waals surface area (Å²) in [4.78, 5) is 0. The first-order chi connectivity index (χ1) is 8.71. The molecule has 1 rings (SSSR count). The summed E-state index contributed by atoms with van der Waals surface area (Å²) < 4.78 is 23.3. The van der Waals surface area contributed by atoms with Gasteiger partial charge in [-0.3, -0.25) is 0 Å². The summed E-state index contributed by atoms with van der Waals surface area (Å²) in [6, 6.07) is 0. The average molecular weight is 274 g/mol. The van der Waals surface area contributed by atoms with Crippen molar-refractivity contribution < 1.29 is 17.7 Å². The highest BCUT2D eigenvalue weighted by atomic mass is 28.4. The Morgan fingerprint density at radius 3 is 2.11 bits per heavy atom. The Balaban J connectivity index is 2.74. The molecule has 4 nitrogen and oxygen atoms in total. The lowest BCUT2D eigenvalue weighted by molar-refractivity contribution is -0.0416. The minimum atomic E-state index is -2.96. The Labute approximate surface area is 112 Å². The van der Waals surface area contributed by atoms with E-state index in [1.807, 2.05) is 20.8 Å². The van der Waals surface area contributed by atoms with Crippen LogP contribution in [0.5, 0.6) is 0 Å². The van der Waals surface area contributed by atoms with Gasteiger partial charge in [-0.25, -0.2) is 0 Å². The highest BCUT2D eigenvalue weighted by Crippen LogP contribution is 2.30. The molecule has 106 valence electrons. The fraction of sp³-hybridized carbons (Fsp3) is 0.846. The van der Waals surface area contributed by atoms with Crippen LogP contribution in [0.15, 0.2) is 11.6 Å². The molecule has 18 heavy (non-hydrogen) atoms. The van der Waals surface area contributed by atoms with Gasteiger partial charge < -0.3 is 17.7 Å². The van der Waals surface area contributed by atoms with Crippen LogP contribution in [0.4, 0.5) is 0 Å². The monoisotopic (exact) mass is 274 g/mol. The predicted molar refractivity (Wildman–Crippen MR) is 73.1 cm³/mol. The minimum absolute atomic E-state index is 0.103. The molecule has 0 aromatic heterocycles. The summed E-state index contributed by atoms with van der Waals surface area (Å²) in [6.07, 6.45) is 5.55. The maximum Gasteiger partial charge on any atom is 0.680 e. The van der Waals surface area contributed by atoms with Gasteiger partial charge in [-0.1, -0.05) is 6.08 Å². The van der Waals surface area contributed by atoms with Gasteiger partial charge in [-0.2, -0.15) is 0 Å². The van der Waals surface area contributed by atoms with Crippen molar-refractivity contribution in [2.24, 2.45) is 0 Å². The Bertz CT molecular complexity index is 251. The maximum absolute atomic E-state index is 6.13. The SMILES string of the molecule is C/C=C1\CCCC1O[Si](OCC)(OCC)OCC. The van der Waals surface area contributed by atoms with E-state index < -0.39 is 9.05 Å². The molecule has 0 N–H and O–H groups in total. The average Bonchev–Trinajstić information content (AvgIpc) is 2.77. The van der Waals surface area contributed by atoms with Crippen LogP contribution in [0.3, 0.4) is 0 Å². The van der Waals surface area contributed by atoms with Gasteiger partial charge in [0, 0.05) is 19.8 Å². The summed E-state index contributed by atoms with van der Waals surface area (Å²) in [5.41, 5.74) is 1.34. The molecule has 1 saturated carbocycles. The van der Waals surface area contributed by atoms with Crippen LogP contribution in [-0.2, 0) is 17.7 Å². The van der Waals surface area contributed by atoms with Gasteiger partial charge in [0.25, 0.3) is 0 Å². The van der Waals surface area contributed by atoms with Crippen molar-refractivity contribution in [3.8, 4) is 0 Å². The van der Waals surface area contributed by atoms with Crippen molar-refractivity contribution in [3.05, 3.63) is 11.6 Å². The van der Waals surface area contributed by atoms with E-state index in [1.54, 1.807) is 0 Å². The van der Waals surface area contributed by atoms with Crippen LogP contribution >= 0.6 is 0 Å². The zero-order chi connectivity index (χ0) is 13.4. The van der Waals surface area contributed by atoms with E-state index in [0.29, 0.717) is 19.8 Å². The van der Waals surface area contributed by atoms with E-state index in [9.17, 15) is 0 Å². The van der Waals surface area contributed by atoms with Gasteiger partial charge in [-0.15, -0.1) is 0 Å². The molecule has 1 aliphatic carbocycles. The zero-order valence-corrected chi connectivity index (χ0v) is 13.0. The molecule has 1 aliphatic rings.